The number of imidazole rings is 1. The van der Waals surface area contributed by atoms with Crippen LogP contribution in [0, 0.1) is 0 Å². The minimum Gasteiger partial charge on any atom is -0.374 e. The van der Waals surface area contributed by atoms with Gasteiger partial charge in [0.05, 0.1) is 5.75 Å². The van der Waals surface area contributed by atoms with E-state index in [4.69, 9.17) is 0 Å². The number of nitrogens with zero attached hydrogens (tertiary/aromatic N) is 2. The molecule has 0 fully saturated rings. The predicted molar refractivity (Wildman–Crippen MR) is 69.9 cm³/mol. The van der Waals surface area contributed by atoms with Gasteiger partial charge in [0.2, 0.25) is 15.6 Å². The summed E-state index contributed by atoms with van der Waals surface area (Å²) in [5.41, 5.74) is -3.21. The minimum absolute atomic E-state index is 0.181. The number of rotatable bonds is 7. The maximum atomic E-state index is 13.1. The lowest BCUT2D eigenvalue weighted by Gasteiger charge is -2.29. The summed E-state index contributed by atoms with van der Waals surface area (Å²) in [5, 5.41) is 9.97. The van der Waals surface area contributed by atoms with Crippen LogP contribution in [0.3, 0.4) is 0 Å². The summed E-state index contributed by atoms with van der Waals surface area (Å²) >= 11 is 0. The molecule has 122 valence electrons. The highest BCUT2D eigenvalue weighted by Crippen LogP contribution is 2.40. The van der Waals surface area contributed by atoms with Gasteiger partial charge in [0.15, 0.2) is 0 Å². The maximum absolute atomic E-state index is 13.1. The van der Waals surface area contributed by atoms with Gasteiger partial charge in [-0.1, -0.05) is 6.92 Å². The van der Waals surface area contributed by atoms with Crippen LogP contribution in [0.5, 0.6) is 0 Å². The number of aliphatic hydroxyl groups is 1. The van der Waals surface area contributed by atoms with Crippen molar-refractivity contribution in [2.45, 2.75) is 31.5 Å². The van der Waals surface area contributed by atoms with Crippen molar-refractivity contribution in [1.29, 1.82) is 0 Å². The van der Waals surface area contributed by atoms with Crippen LogP contribution in [-0.4, -0.2) is 41.5 Å². The van der Waals surface area contributed by atoms with Crippen molar-refractivity contribution in [2.75, 3.05) is 12.3 Å². The monoisotopic (exact) mass is 329 g/mol. The third-order valence-electron chi connectivity index (χ3n) is 2.94. The summed E-state index contributed by atoms with van der Waals surface area (Å²) < 4.78 is 65.3. The molecule has 0 radical (unpaired) electrons. The molecule has 0 saturated carbocycles. The molecule has 6 nitrogen and oxygen atoms in total. The molecule has 1 aromatic heterocycles. The first kappa shape index (κ1) is 17.9. The highest BCUT2D eigenvalue weighted by atomic mass is 32.2. The molecule has 0 aromatic carbocycles. The molecule has 1 rings (SSSR count). The Morgan fingerprint density at radius 2 is 2.05 bits per heavy atom. The zero-order valence-corrected chi connectivity index (χ0v) is 12.5. The molecule has 1 heterocycles. The van der Waals surface area contributed by atoms with E-state index in [0.29, 0.717) is 6.42 Å². The van der Waals surface area contributed by atoms with Crippen molar-refractivity contribution in [3.05, 3.63) is 18.2 Å². The molecule has 0 aliphatic carbocycles. The zero-order valence-electron chi connectivity index (χ0n) is 11.7. The normalized spacial score (nSPS) is 15.9. The summed E-state index contributed by atoms with van der Waals surface area (Å²) in [6.07, 6.45) is -3.08. The van der Waals surface area contributed by atoms with Crippen LogP contribution in [0.1, 0.15) is 25.6 Å². The molecule has 0 saturated heterocycles. The van der Waals surface area contributed by atoms with Gasteiger partial charge in [0.25, 0.3) is 0 Å². The van der Waals surface area contributed by atoms with Crippen molar-refractivity contribution in [1.82, 2.24) is 14.3 Å². The minimum atomic E-state index is -4.97. The largest absolute Gasteiger partial charge is 0.424 e. The molecule has 0 bridgehead atoms. The van der Waals surface area contributed by atoms with Crippen molar-refractivity contribution in [3.8, 4) is 0 Å². The van der Waals surface area contributed by atoms with E-state index < -0.39 is 40.6 Å². The number of aryl methyl sites for hydroxylation is 1. The van der Waals surface area contributed by atoms with Crippen LogP contribution < -0.4 is 4.72 Å². The van der Waals surface area contributed by atoms with Gasteiger partial charge in [-0.25, -0.2) is 18.1 Å². The summed E-state index contributed by atoms with van der Waals surface area (Å²) in [6.45, 7) is 1.10. The molecule has 0 aliphatic rings. The Hall–Kier alpha value is -1.13. The van der Waals surface area contributed by atoms with Crippen molar-refractivity contribution < 1.29 is 26.7 Å². The number of nitrogens with one attached hydrogen (secondary N) is 1. The second-order valence-corrected chi connectivity index (χ2v) is 6.61. The third kappa shape index (κ3) is 4.17. The summed E-state index contributed by atoms with van der Waals surface area (Å²) in [7, 11) is -2.31. The van der Waals surface area contributed by atoms with Crippen LogP contribution >= 0.6 is 0 Å². The van der Waals surface area contributed by atoms with Crippen LogP contribution in [0.4, 0.5) is 13.2 Å². The Labute approximate surface area is 121 Å². The highest BCUT2D eigenvalue weighted by Gasteiger charge is 2.57. The summed E-state index contributed by atoms with van der Waals surface area (Å²) in [6, 6.07) is 0. The lowest BCUT2D eigenvalue weighted by molar-refractivity contribution is -0.272. The molecule has 1 unspecified atom stereocenters. The fraction of sp³-hybridized carbons (Fsp3) is 0.727. The first-order chi connectivity index (χ1) is 9.53. The van der Waals surface area contributed by atoms with E-state index in [2.05, 4.69) is 4.98 Å². The summed E-state index contributed by atoms with van der Waals surface area (Å²) in [5.74, 6) is -0.760. The lowest BCUT2D eigenvalue weighted by atomic mass is 9.98. The maximum Gasteiger partial charge on any atom is 0.424 e. The van der Waals surface area contributed by atoms with Gasteiger partial charge in [-0.15, -0.1) is 0 Å². The van der Waals surface area contributed by atoms with Gasteiger partial charge < -0.3 is 9.67 Å². The Morgan fingerprint density at radius 1 is 1.43 bits per heavy atom. The second-order valence-electron chi connectivity index (χ2n) is 4.68. The summed E-state index contributed by atoms with van der Waals surface area (Å²) in [4.78, 5) is 3.52. The smallest absolute Gasteiger partial charge is 0.374 e. The average Bonchev–Trinajstić information content (AvgIpc) is 2.73. The van der Waals surface area contributed by atoms with Gasteiger partial charge in [-0.3, -0.25) is 0 Å². The van der Waals surface area contributed by atoms with Crippen molar-refractivity contribution in [2.24, 2.45) is 7.05 Å². The molecule has 1 atom stereocenters. The SMILES string of the molecule is CCCS(=O)(=O)NCCC(O)(c1nccn1C)C(F)(F)F. The van der Waals surface area contributed by atoms with Crippen molar-refractivity contribution in [3.63, 3.8) is 0 Å². The Balaban J connectivity index is 2.90. The van der Waals surface area contributed by atoms with E-state index in [9.17, 15) is 26.7 Å². The Bertz CT molecular complexity index is 571. The second kappa shape index (κ2) is 6.32. The van der Waals surface area contributed by atoms with Crippen LogP contribution in [0.25, 0.3) is 0 Å². The van der Waals surface area contributed by atoms with Gasteiger partial charge in [-0.2, -0.15) is 13.2 Å². The Morgan fingerprint density at radius 3 is 2.48 bits per heavy atom. The fourth-order valence-electron chi connectivity index (χ4n) is 1.87. The van der Waals surface area contributed by atoms with Gasteiger partial charge in [0.1, 0.15) is 5.82 Å². The molecular weight excluding hydrogens is 311 g/mol. The quantitative estimate of drug-likeness (QED) is 0.778. The Kier molecular flexibility index (Phi) is 5.40. The number of halogens is 3. The van der Waals surface area contributed by atoms with E-state index in [1.165, 1.54) is 13.2 Å². The number of aromatic nitrogens is 2. The average molecular weight is 329 g/mol. The molecular formula is C11H18F3N3O3S. The molecule has 1 aromatic rings. The molecule has 10 heteroatoms. The molecule has 0 aliphatic heterocycles. The number of hydrogen-bond donors (Lipinski definition) is 2. The van der Waals surface area contributed by atoms with E-state index >= 15 is 0 Å². The highest BCUT2D eigenvalue weighted by molar-refractivity contribution is 7.89. The first-order valence-electron chi connectivity index (χ1n) is 6.28. The van der Waals surface area contributed by atoms with Crippen LogP contribution in [-0.2, 0) is 22.7 Å². The molecule has 21 heavy (non-hydrogen) atoms. The van der Waals surface area contributed by atoms with Gasteiger partial charge in [-0.05, 0) is 6.42 Å². The van der Waals surface area contributed by atoms with Gasteiger partial charge >= 0.3 is 6.18 Å². The third-order valence-corrected chi connectivity index (χ3v) is 4.53. The van der Waals surface area contributed by atoms with E-state index in [-0.39, 0.29) is 5.75 Å². The molecule has 2 N–H and O–H groups in total. The lowest BCUT2D eigenvalue weighted by Crippen LogP contribution is -2.46. The van der Waals surface area contributed by atoms with Gasteiger partial charge in [0, 0.05) is 32.4 Å². The zero-order chi connectivity index (χ0) is 16.3. The molecule has 0 amide bonds. The van der Waals surface area contributed by atoms with Crippen LogP contribution in [0.2, 0.25) is 0 Å². The van der Waals surface area contributed by atoms with Crippen molar-refractivity contribution >= 4 is 10.0 Å². The number of hydrogen-bond acceptors (Lipinski definition) is 4. The standard InChI is InChI=1S/C11H18F3N3O3S/c1-3-8-21(19,20)16-5-4-10(18,11(12,13)14)9-15-6-7-17(9)2/h6-7,16,18H,3-5,8H2,1-2H3. The topological polar surface area (TPSA) is 84.2 Å². The van der Waals surface area contributed by atoms with Crippen LogP contribution in [0.15, 0.2) is 12.4 Å². The van der Waals surface area contributed by atoms with E-state index in [0.717, 1.165) is 10.8 Å². The molecule has 0 spiro atoms. The fourth-order valence-corrected chi connectivity index (χ4v) is 2.97. The first-order valence-corrected chi connectivity index (χ1v) is 7.93. The number of alkyl halides is 3. The van der Waals surface area contributed by atoms with E-state index in [1.54, 1.807) is 6.92 Å². The van der Waals surface area contributed by atoms with E-state index in [1.807, 2.05) is 4.72 Å². The predicted octanol–water partition coefficient (Wildman–Crippen LogP) is 0.889. The number of sulfonamides is 1.